The second kappa shape index (κ2) is 6.44. The molecule has 0 aromatic carbocycles. The minimum Gasteiger partial charge on any atom is -0.313 e. The quantitative estimate of drug-likeness (QED) is 0.610. The second-order valence-electron chi connectivity index (χ2n) is 4.95. The Kier molecular flexibility index (Phi) is 4.89. The van der Waals surface area contributed by atoms with E-state index in [-0.39, 0.29) is 0 Å². The van der Waals surface area contributed by atoms with Crippen LogP contribution in [0.3, 0.4) is 0 Å². The van der Waals surface area contributed by atoms with Crippen LogP contribution in [0.15, 0.2) is 12.4 Å². The summed E-state index contributed by atoms with van der Waals surface area (Å²) in [5.41, 5.74) is 0. The Morgan fingerprint density at radius 3 is 2.89 bits per heavy atom. The van der Waals surface area contributed by atoms with Gasteiger partial charge in [0.15, 0.2) is 0 Å². The third-order valence-corrected chi connectivity index (χ3v) is 4.97. The van der Waals surface area contributed by atoms with Crippen LogP contribution in [0.1, 0.15) is 26.2 Å². The maximum absolute atomic E-state index is 11.9. The first kappa shape index (κ1) is 14.4. The molecule has 0 aliphatic heterocycles. The summed E-state index contributed by atoms with van der Waals surface area (Å²) in [6, 6.07) is 0.532. The predicted octanol–water partition coefficient (Wildman–Crippen LogP) is -0.272. The SMILES string of the molecule is CC(CNC1CC1)S(=O)(=O)NCCCn1ccnn1. The average molecular weight is 287 g/mol. The van der Waals surface area contributed by atoms with Gasteiger partial charge in [-0.3, -0.25) is 4.68 Å². The number of sulfonamides is 1. The van der Waals surface area contributed by atoms with Crippen LogP contribution >= 0.6 is 0 Å². The van der Waals surface area contributed by atoms with Crippen molar-refractivity contribution in [3.05, 3.63) is 12.4 Å². The first-order valence-electron chi connectivity index (χ1n) is 6.64. The molecular formula is C11H21N5O2S. The number of rotatable bonds is 9. The number of nitrogens with one attached hydrogen (secondary N) is 2. The van der Waals surface area contributed by atoms with Gasteiger partial charge in [-0.25, -0.2) is 13.1 Å². The van der Waals surface area contributed by atoms with Crippen LogP contribution in [0.25, 0.3) is 0 Å². The molecule has 0 amide bonds. The summed E-state index contributed by atoms with van der Waals surface area (Å²) in [6.45, 7) is 3.34. The van der Waals surface area contributed by atoms with Crippen molar-refractivity contribution >= 4 is 10.0 Å². The van der Waals surface area contributed by atoms with E-state index in [1.54, 1.807) is 24.0 Å². The predicted molar refractivity (Wildman–Crippen MR) is 72.0 cm³/mol. The van der Waals surface area contributed by atoms with E-state index in [2.05, 4.69) is 20.4 Å². The summed E-state index contributed by atoms with van der Waals surface area (Å²) in [7, 11) is -3.23. The first-order valence-corrected chi connectivity index (χ1v) is 8.18. The Morgan fingerprint density at radius 1 is 1.47 bits per heavy atom. The monoisotopic (exact) mass is 287 g/mol. The van der Waals surface area contributed by atoms with Crippen LogP contribution in [0, 0.1) is 0 Å². The Labute approximate surface area is 113 Å². The zero-order chi connectivity index (χ0) is 13.7. The summed E-state index contributed by atoms with van der Waals surface area (Å²) in [4.78, 5) is 0. The molecule has 1 unspecified atom stereocenters. The third kappa shape index (κ3) is 4.88. The Bertz CT molecular complexity index is 469. The molecule has 1 heterocycles. The molecule has 0 radical (unpaired) electrons. The molecule has 1 aliphatic carbocycles. The molecule has 0 saturated heterocycles. The van der Waals surface area contributed by atoms with Gasteiger partial charge < -0.3 is 5.32 Å². The molecule has 2 rings (SSSR count). The van der Waals surface area contributed by atoms with E-state index in [0.717, 1.165) is 12.8 Å². The zero-order valence-electron chi connectivity index (χ0n) is 11.1. The standard InChI is InChI=1S/C11H21N5O2S/c1-10(9-12-11-3-4-11)19(17,18)14-5-2-7-16-8-6-13-15-16/h6,8,10-12,14H,2-5,7,9H2,1H3. The maximum atomic E-state index is 11.9. The van der Waals surface area contributed by atoms with Gasteiger partial charge in [0.05, 0.1) is 11.4 Å². The molecule has 19 heavy (non-hydrogen) atoms. The van der Waals surface area contributed by atoms with Crippen LogP contribution in [0.5, 0.6) is 0 Å². The smallest absolute Gasteiger partial charge is 0.215 e. The number of hydrogen-bond donors (Lipinski definition) is 2. The zero-order valence-corrected chi connectivity index (χ0v) is 11.9. The molecule has 0 spiro atoms. The molecule has 108 valence electrons. The second-order valence-corrected chi connectivity index (χ2v) is 7.14. The molecule has 1 fully saturated rings. The fraction of sp³-hybridized carbons (Fsp3) is 0.818. The highest BCUT2D eigenvalue weighted by molar-refractivity contribution is 7.90. The largest absolute Gasteiger partial charge is 0.313 e. The molecule has 0 bridgehead atoms. The molecule has 7 nitrogen and oxygen atoms in total. The summed E-state index contributed by atoms with van der Waals surface area (Å²) < 4.78 is 28.2. The molecule has 1 atom stereocenters. The lowest BCUT2D eigenvalue weighted by Crippen LogP contribution is -2.40. The van der Waals surface area contributed by atoms with E-state index in [1.165, 1.54) is 0 Å². The van der Waals surface area contributed by atoms with Gasteiger partial charge in [-0.1, -0.05) is 5.21 Å². The van der Waals surface area contributed by atoms with E-state index in [4.69, 9.17) is 0 Å². The van der Waals surface area contributed by atoms with Gasteiger partial charge in [-0.15, -0.1) is 5.10 Å². The van der Waals surface area contributed by atoms with Crippen LogP contribution in [0.2, 0.25) is 0 Å². The lowest BCUT2D eigenvalue weighted by Gasteiger charge is -2.14. The van der Waals surface area contributed by atoms with Crippen LogP contribution in [0.4, 0.5) is 0 Å². The van der Waals surface area contributed by atoms with Gasteiger partial charge in [0.25, 0.3) is 0 Å². The molecule has 1 aromatic heterocycles. The van der Waals surface area contributed by atoms with Crippen LogP contribution < -0.4 is 10.0 Å². The van der Waals surface area contributed by atoms with E-state index in [0.29, 0.717) is 32.1 Å². The van der Waals surface area contributed by atoms with Crippen molar-refractivity contribution < 1.29 is 8.42 Å². The van der Waals surface area contributed by atoms with E-state index >= 15 is 0 Å². The number of nitrogens with zero attached hydrogens (tertiary/aromatic N) is 3. The van der Waals surface area contributed by atoms with Gasteiger partial charge in [0.1, 0.15) is 0 Å². The maximum Gasteiger partial charge on any atom is 0.215 e. The number of hydrogen-bond acceptors (Lipinski definition) is 5. The summed E-state index contributed by atoms with van der Waals surface area (Å²) in [6.07, 6.45) is 6.40. The normalized spacial score (nSPS) is 17.5. The van der Waals surface area contributed by atoms with Crippen LogP contribution in [-0.4, -0.2) is 47.8 Å². The van der Waals surface area contributed by atoms with Crippen molar-refractivity contribution in [1.29, 1.82) is 0 Å². The van der Waals surface area contributed by atoms with Gasteiger partial charge in [0.2, 0.25) is 10.0 Å². The van der Waals surface area contributed by atoms with Crippen molar-refractivity contribution in [2.75, 3.05) is 13.1 Å². The summed E-state index contributed by atoms with van der Waals surface area (Å²) >= 11 is 0. The van der Waals surface area contributed by atoms with E-state index < -0.39 is 15.3 Å². The highest BCUT2D eigenvalue weighted by atomic mass is 32.2. The molecule has 1 saturated carbocycles. The van der Waals surface area contributed by atoms with Crippen molar-refractivity contribution in [1.82, 2.24) is 25.0 Å². The Hall–Kier alpha value is -0.990. The first-order chi connectivity index (χ1) is 9.08. The fourth-order valence-electron chi connectivity index (χ4n) is 1.68. The highest BCUT2D eigenvalue weighted by Gasteiger charge is 2.25. The lowest BCUT2D eigenvalue weighted by atomic mass is 10.4. The van der Waals surface area contributed by atoms with Crippen molar-refractivity contribution in [2.45, 2.75) is 44.0 Å². The Morgan fingerprint density at radius 2 is 2.26 bits per heavy atom. The molecule has 1 aliphatic rings. The van der Waals surface area contributed by atoms with Crippen LogP contribution in [-0.2, 0) is 16.6 Å². The minimum absolute atomic E-state index is 0.403. The number of aryl methyl sites for hydroxylation is 1. The Balaban J connectivity index is 1.64. The van der Waals surface area contributed by atoms with E-state index in [1.807, 2.05) is 0 Å². The van der Waals surface area contributed by atoms with Crippen molar-refractivity contribution in [3.8, 4) is 0 Å². The topological polar surface area (TPSA) is 88.9 Å². The summed E-state index contributed by atoms with van der Waals surface area (Å²) in [5, 5.41) is 10.3. The number of aromatic nitrogens is 3. The minimum atomic E-state index is -3.23. The van der Waals surface area contributed by atoms with Crippen molar-refractivity contribution in [3.63, 3.8) is 0 Å². The van der Waals surface area contributed by atoms with Gasteiger partial charge in [-0.2, -0.15) is 0 Å². The van der Waals surface area contributed by atoms with Gasteiger partial charge in [-0.05, 0) is 26.2 Å². The van der Waals surface area contributed by atoms with Gasteiger partial charge >= 0.3 is 0 Å². The summed E-state index contributed by atoms with van der Waals surface area (Å²) in [5.74, 6) is 0. The average Bonchev–Trinajstić information content (AvgIpc) is 3.06. The fourth-order valence-corrected chi connectivity index (χ4v) is 2.71. The lowest BCUT2D eigenvalue weighted by molar-refractivity contribution is 0.533. The van der Waals surface area contributed by atoms with Gasteiger partial charge in [0, 0.05) is 31.9 Å². The molecule has 2 N–H and O–H groups in total. The molecular weight excluding hydrogens is 266 g/mol. The van der Waals surface area contributed by atoms with Crippen molar-refractivity contribution in [2.24, 2.45) is 0 Å². The molecule has 1 aromatic rings. The van der Waals surface area contributed by atoms with E-state index in [9.17, 15) is 8.42 Å². The highest BCUT2D eigenvalue weighted by Crippen LogP contribution is 2.18. The molecule has 8 heteroatoms. The third-order valence-electron chi connectivity index (χ3n) is 3.14.